The van der Waals surface area contributed by atoms with Crippen LogP contribution in [0.5, 0.6) is 0 Å². The molecule has 0 aromatic carbocycles. The molecule has 0 atom stereocenters. The van der Waals surface area contributed by atoms with Gasteiger partial charge in [0.25, 0.3) is 0 Å². The van der Waals surface area contributed by atoms with E-state index >= 15 is 0 Å². The average molecular weight is 417 g/mol. The molecular formula is C21H36O8. The summed E-state index contributed by atoms with van der Waals surface area (Å²) in [6.45, 7) is 18.5. The largest absolute Gasteiger partial charge is 0.619 e. The van der Waals surface area contributed by atoms with Crippen LogP contribution in [0.2, 0.25) is 0 Å². The van der Waals surface area contributed by atoms with E-state index in [0.717, 1.165) is 0 Å². The lowest BCUT2D eigenvalue weighted by Gasteiger charge is -2.35. The first kappa shape index (κ1) is 26.9. The second-order valence-electron chi connectivity index (χ2n) is 11.1. The fourth-order valence-electron chi connectivity index (χ4n) is 1.19. The summed E-state index contributed by atoms with van der Waals surface area (Å²) in [7, 11) is 0. The molecule has 0 saturated heterocycles. The van der Waals surface area contributed by atoms with E-state index in [1.165, 1.54) is 0 Å². The summed E-state index contributed by atoms with van der Waals surface area (Å²) in [4.78, 5) is 50.3. The van der Waals surface area contributed by atoms with E-state index in [1.807, 2.05) is 0 Å². The second-order valence-corrected chi connectivity index (χ2v) is 11.1. The zero-order valence-corrected chi connectivity index (χ0v) is 19.8. The lowest BCUT2D eigenvalue weighted by molar-refractivity contribution is -0.438. The number of esters is 4. The van der Waals surface area contributed by atoms with Gasteiger partial charge in [-0.1, -0.05) is 0 Å². The maximum atomic E-state index is 12.6. The van der Waals surface area contributed by atoms with Crippen LogP contribution in [-0.2, 0) is 38.1 Å². The Bertz CT molecular complexity index is 531. The first-order valence-corrected chi connectivity index (χ1v) is 9.45. The molecule has 0 rings (SSSR count). The molecule has 8 nitrogen and oxygen atoms in total. The molecule has 0 fully saturated rings. The summed E-state index contributed by atoms with van der Waals surface area (Å²) in [6, 6.07) is 0. The quantitative estimate of drug-likeness (QED) is 0.501. The topological polar surface area (TPSA) is 105 Å². The van der Waals surface area contributed by atoms with E-state index in [4.69, 9.17) is 18.9 Å². The second kappa shape index (κ2) is 8.32. The molecule has 0 aliphatic carbocycles. The highest BCUT2D eigenvalue weighted by molar-refractivity contribution is 5.81. The maximum Gasteiger partial charge on any atom is 0.619 e. The molecule has 0 saturated carbocycles. The van der Waals surface area contributed by atoms with Gasteiger partial charge in [0.15, 0.2) is 0 Å². The highest BCUT2D eigenvalue weighted by Gasteiger charge is 2.55. The third kappa shape index (κ3) is 8.41. The molecule has 168 valence electrons. The van der Waals surface area contributed by atoms with Gasteiger partial charge in [0.05, 0.1) is 21.7 Å². The summed E-state index contributed by atoms with van der Waals surface area (Å²) in [5.74, 6) is -3.60. The van der Waals surface area contributed by atoms with Gasteiger partial charge in [-0.05, 0) is 83.1 Å². The molecule has 0 aromatic rings. The molecule has 0 aromatic heterocycles. The Morgan fingerprint density at radius 2 is 0.517 bits per heavy atom. The van der Waals surface area contributed by atoms with E-state index in [9.17, 15) is 19.2 Å². The lowest BCUT2D eigenvalue weighted by atomic mass is 9.97. The van der Waals surface area contributed by atoms with Crippen molar-refractivity contribution in [2.75, 3.05) is 0 Å². The molecule has 0 spiro atoms. The first-order valence-electron chi connectivity index (χ1n) is 9.45. The predicted molar refractivity (Wildman–Crippen MR) is 105 cm³/mol. The molecule has 0 bridgehead atoms. The minimum absolute atomic E-state index is 0.900. The molecule has 0 radical (unpaired) electrons. The van der Waals surface area contributed by atoms with Crippen molar-refractivity contribution in [3.63, 3.8) is 0 Å². The SMILES string of the molecule is CC(C)(C)C(=O)OC(OC(=O)C(C)(C)C)(OC(=O)C(C)(C)C)OC(=O)C(C)(C)C. The molecule has 29 heavy (non-hydrogen) atoms. The lowest BCUT2D eigenvalue weighted by Crippen LogP contribution is -2.53. The fraction of sp³-hybridized carbons (Fsp3) is 0.810. The molecule has 0 unspecified atom stereocenters. The van der Waals surface area contributed by atoms with Crippen LogP contribution < -0.4 is 0 Å². The Kier molecular flexibility index (Phi) is 7.71. The van der Waals surface area contributed by atoms with Crippen LogP contribution in [0.25, 0.3) is 0 Å². The Morgan fingerprint density at radius 1 is 0.379 bits per heavy atom. The van der Waals surface area contributed by atoms with Gasteiger partial charge in [-0.3, -0.25) is 19.2 Å². The van der Waals surface area contributed by atoms with Crippen molar-refractivity contribution in [3.05, 3.63) is 0 Å². The molecular weight excluding hydrogens is 380 g/mol. The van der Waals surface area contributed by atoms with Crippen molar-refractivity contribution in [2.45, 2.75) is 89.2 Å². The third-order valence-corrected chi connectivity index (χ3v) is 3.32. The van der Waals surface area contributed by atoms with E-state index in [2.05, 4.69) is 0 Å². The van der Waals surface area contributed by atoms with E-state index < -0.39 is 51.7 Å². The third-order valence-electron chi connectivity index (χ3n) is 3.32. The van der Waals surface area contributed by atoms with Crippen LogP contribution in [0.3, 0.4) is 0 Å². The van der Waals surface area contributed by atoms with Crippen molar-refractivity contribution >= 4 is 23.9 Å². The number of carbonyl (C=O) groups excluding carboxylic acids is 4. The summed E-state index contributed by atoms with van der Waals surface area (Å²) >= 11 is 0. The van der Waals surface area contributed by atoms with Crippen molar-refractivity contribution in [2.24, 2.45) is 21.7 Å². The average Bonchev–Trinajstić information content (AvgIpc) is 2.42. The highest BCUT2D eigenvalue weighted by Crippen LogP contribution is 2.32. The summed E-state index contributed by atoms with van der Waals surface area (Å²) in [6.07, 6.45) is -2.98. The van der Waals surface area contributed by atoms with Crippen molar-refractivity contribution < 1.29 is 38.1 Å². The van der Waals surface area contributed by atoms with Gasteiger partial charge in [0.1, 0.15) is 0 Å². The van der Waals surface area contributed by atoms with Crippen LogP contribution in [0.15, 0.2) is 0 Å². The van der Waals surface area contributed by atoms with Crippen molar-refractivity contribution in [3.8, 4) is 0 Å². The van der Waals surface area contributed by atoms with Gasteiger partial charge in [-0.2, -0.15) is 0 Å². The monoisotopic (exact) mass is 416 g/mol. The van der Waals surface area contributed by atoms with Gasteiger partial charge in [0, 0.05) is 0 Å². The van der Waals surface area contributed by atoms with Crippen LogP contribution in [0.4, 0.5) is 0 Å². The van der Waals surface area contributed by atoms with Crippen molar-refractivity contribution in [1.29, 1.82) is 0 Å². The number of carbonyl (C=O) groups is 4. The highest BCUT2D eigenvalue weighted by atomic mass is 17.0. The van der Waals surface area contributed by atoms with Crippen LogP contribution in [-0.4, -0.2) is 30.0 Å². The maximum absolute atomic E-state index is 12.6. The Labute approximate surface area is 173 Å². The Balaban J connectivity index is 6.42. The van der Waals surface area contributed by atoms with E-state index in [0.29, 0.717) is 0 Å². The molecule has 0 heterocycles. The van der Waals surface area contributed by atoms with Crippen LogP contribution in [0.1, 0.15) is 83.1 Å². The van der Waals surface area contributed by atoms with Crippen LogP contribution >= 0.6 is 0 Å². The van der Waals surface area contributed by atoms with E-state index in [-0.39, 0.29) is 0 Å². The summed E-state index contributed by atoms with van der Waals surface area (Å²) in [5, 5.41) is 0. The zero-order valence-electron chi connectivity index (χ0n) is 19.8. The normalized spacial score (nSPS) is 13.4. The summed E-state index contributed by atoms with van der Waals surface area (Å²) in [5.41, 5.74) is -4.27. The Morgan fingerprint density at radius 3 is 0.621 bits per heavy atom. The minimum atomic E-state index is -2.98. The molecule has 0 N–H and O–H groups in total. The van der Waals surface area contributed by atoms with Crippen molar-refractivity contribution in [1.82, 2.24) is 0 Å². The molecule has 0 aliphatic heterocycles. The van der Waals surface area contributed by atoms with Gasteiger partial charge in [0.2, 0.25) is 0 Å². The number of hydrogen-bond acceptors (Lipinski definition) is 8. The minimum Gasteiger partial charge on any atom is -0.352 e. The number of ether oxygens (including phenoxy) is 4. The van der Waals surface area contributed by atoms with Gasteiger partial charge in [-0.25, -0.2) is 0 Å². The molecule has 0 aliphatic rings. The zero-order chi connectivity index (χ0) is 23.6. The summed E-state index contributed by atoms with van der Waals surface area (Å²) < 4.78 is 20.9. The van der Waals surface area contributed by atoms with Crippen LogP contribution in [0, 0.1) is 21.7 Å². The van der Waals surface area contributed by atoms with E-state index in [1.54, 1.807) is 83.1 Å². The van der Waals surface area contributed by atoms with Gasteiger partial charge < -0.3 is 18.9 Å². The number of rotatable bonds is 4. The predicted octanol–water partition coefficient (Wildman–Crippen LogP) is 3.95. The fourth-order valence-corrected chi connectivity index (χ4v) is 1.19. The standard InChI is InChI=1S/C21H36O8/c1-17(2,3)13(22)26-21(27-14(23)18(4,5)6,28-15(24)19(7,8)9)29-16(25)20(10,11)12/h1-12H3. The van der Waals surface area contributed by atoms with Gasteiger partial charge in [-0.15, -0.1) is 0 Å². The van der Waals surface area contributed by atoms with Gasteiger partial charge >= 0.3 is 30.0 Å². The first-order chi connectivity index (χ1) is 12.5. The molecule has 0 amide bonds. The Hall–Kier alpha value is -2.12. The smallest absolute Gasteiger partial charge is 0.352 e. The number of hydrogen-bond donors (Lipinski definition) is 0. The molecule has 8 heteroatoms.